The average molecular weight is 279 g/mol. The number of carbonyl (C=O) groups is 1. The Morgan fingerprint density at radius 1 is 1.45 bits per heavy atom. The van der Waals surface area contributed by atoms with E-state index in [2.05, 4.69) is 5.32 Å². The van der Waals surface area contributed by atoms with E-state index in [9.17, 15) is 9.90 Å². The van der Waals surface area contributed by atoms with E-state index >= 15 is 0 Å². The monoisotopic (exact) mass is 279 g/mol. The lowest BCUT2D eigenvalue weighted by Gasteiger charge is -2.09. The normalized spacial score (nSPS) is 11.9. The second-order valence-corrected chi connectivity index (χ2v) is 4.97. The molecule has 0 fully saturated rings. The molecule has 4 heteroatoms. The van der Waals surface area contributed by atoms with Crippen molar-refractivity contribution in [3.8, 4) is 5.75 Å². The van der Waals surface area contributed by atoms with Crippen molar-refractivity contribution in [1.82, 2.24) is 5.32 Å². The minimum atomic E-state index is -0.319. The molecule has 1 aromatic carbocycles. The van der Waals surface area contributed by atoms with Gasteiger partial charge in [0.15, 0.2) is 0 Å². The third kappa shape index (κ3) is 7.14. The van der Waals surface area contributed by atoms with Gasteiger partial charge in [0.2, 0.25) is 5.91 Å². The van der Waals surface area contributed by atoms with E-state index in [0.717, 1.165) is 17.7 Å². The van der Waals surface area contributed by atoms with Gasteiger partial charge in [0.05, 0.1) is 12.7 Å². The van der Waals surface area contributed by atoms with Gasteiger partial charge in [-0.05, 0) is 43.9 Å². The van der Waals surface area contributed by atoms with E-state index < -0.39 is 0 Å². The fraction of sp³-hybridized carbons (Fsp3) is 0.562. The zero-order valence-corrected chi connectivity index (χ0v) is 12.4. The number of aryl methyl sites for hydroxylation is 1. The van der Waals surface area contributed by atoms with Crippen molar-refractivity contribution in [2.45, 2.75) is 45.6 Å². The number of ether oxygens (including phenoxy) is 1. The highest BCUT2D eigenvalue weighted by Gasteiger charge is 2.04. The Hall–Kier alpha value is -1.55. The van der Waals surface area contributed by atoms with Gasteiger partial charge in [-0.3, -0.25) is 4.79 Å². The molecule has 0 saturated heterocycles. The van der Waals surface area contributed by atoms with E-state index in [1.165, 1.54) is 0 Å². The Morgan fingerprint density at radius 2 is 2.25 bits per heavy atom. The van der Waals surface area contributed by atoms with Gasteiger partial charge in [0, 0.05) is 13.0 Å². The predicted molar refractivity (Wildman–Crippen MR) is 79.8 cm³/mol. The van der Waals surface area contributed by atoms with Crippen LogP contribution in [0.3, 0.4) is 0 Å². The Morgan fingerprint density at radius 3 is 2.95 bits per heavy atom. The molecule has 1 amide bonds. The van der Waals surface area contributed by atoms with E-state index in [4.69, 9.17) is 4.74 Å². The molecular weight excluding hydrogens is 254 g/mol. The number of nitrogens with one attached hydrogen (secondary N) is 1. The molecule has 0 heterocycles. The minimum Gasteiger partial charge on any atom is -0.494 e. The summed E-state index contributed by atoms with van der Waals surface area (Å²) in [7, 11) is 0. The maximum atomic E-state index is 11.5. The van der Waals surface area contributed by atoms with Crippen LogP contribution < -0.4 is 10.1 Å². The molecular formula is C16H25NO3. The first-order valence-electron chi connectivity index (χ1n) is 7.26. The molecule has 1 atom stereocenters. The van der Waals surface area contributed by atoms with Crippen molar-refractivity contribution in [2.75, 3.05) is 13.2 Å². The number of aliphatic hydroxyl groups is 1. The number of benzene rings is 1. The second-order valence-electron chi connectivity index (χ2n) is 4.97. The molecule has 0 radical (unpaired) electrons. The summed E-state index contributed by atoms with van der Waals surface area (Å²) in [6.07, 6.45) is 2.16. The van der Waals surface area contributed by atoms with Gasteiger partial charge >= 0.3 is 0 Å². The molecule has 112 valence electrons. The maximum Gasteiger partial charge on any atom is 0.220 e. The average Bonchev–Trinajstić information content (AvgIpc) is 2.43. The Balaban J connectivity index is 2.07. The first-order valence-corrected chi connectivity index (χ1v) is 7.26. The minimum absolute atomic E-state index is 0.0149. The van der Waals surface area contributed by atoms with Gasteiger partial charge in [-0.1, -0.05) is 19.1 Å². The van der Waals surface area contributed by atoms with Gasteiger partial charge < -0.3 is 15.2 Å². The van der Waals surface area contributed by atoms with Crippen LogP contribution >= 0.6 is 0 Å². The lowest BCUT2D eigenvalue weighted by Crippen LogP contribution is -2.27. The molecule has 0 aliphatic carbocycles. The highest BCUT2D eigenvalue weighted by atomic mass is 16.5. The molecule has 0 saturated carbocycles. The lowest BCUT2D eigenvalue weighted by molar-refractivity contribution is -0.121. The lowest BCUT2D eigenvalue weighted by atomic mass is 10.2. The summed E-state index contributed by atoms with van der Waals surface area (Å²) in [4.78, 5) is 11.5. The summed E-state index contributed by atoms with van der Waals surface area (Å²) in [6.45, 7) is 5.02. The van der Waals surface area contributed by atoms with Gasteiger partial charge in [-0.2, -0.15) is 0 Å². The van der Waals surface area contributed by atoms with E-state index in [1.807, 2.05) is 38.1 Å². The van der Waals surface area contributed by atoms with Crippen LogP contribution in [0.2, 0.25) is 0 Å². The molecule has 0 bridgehead atoms. The molecule has 1 aromatic rings. The number of amides is 1. The zero-order chi connectivity index (χ0) is 14.8. The molecule has 1 rings (SSSR count). The van der Waals surface area contributed by atoms with Crippen LogP contribution in [-0.4, -0.2) is 30.3 Å². The Kier molecular flexibility index (Phi) is 7.73. The third-order valence-electron chi connectivity index (χ3n) is 3.08. The smallest absolute Gasteiger partial charge is 0.220 e. The van der Waals surface area contributed by atoms with Crippen LogP contribution in [0.25, 0.3) is 0 Å². The van der Waals surface area contributed by atoms with Crippen molar-refractivity contribution >= 4 is 5.91 Å². The number of hydrogen-bond acceptors (Lipinski definition) is 3. The highest BCUT2D eigenvalue weighted by molar-refractivity contribution is 5.75. The standard InChI is InChI=1S/C16H25NO3/c1-3-14(18)9-10-17-16(19)8-5-11-20-15-7-4-6-13(2)12-15/h4,6-7,12,14,18H,3,5,8-11H2,1-2H3,(H,17,19). The van der Waals surface area contributed by atoms with Gasteiger partial charge in [0.25, 0.3) is 0 Å². The topological polar surface area (TPSA) is 58.6 Å². The predicted octanol–water partition coefficient (Wildman–Crippen LogP) is 2.43. The maximum absolute atomic E-state index is 11.5. The van der Waals surface area contributed by atoms with E-state index in [-0.39, 0.29) is 12.0 Å². The molecule has 1 unspecified atom stereocenters. The number of aliphatic hydroxyl groups excluding tert-OH is 1. The largest absolute Gasteiger partial charge is 0.494 e. The molecule has 0 spiro atoms. The van der Waals surface area contributed by atoms with Crippen molar-refractivity contribution in [3.63, 3.8) is 0 Å². The fourth-order valence-corrected chi connectivity index (χ4v) is 1.80. The van der Waals surface area contributed by atoms with E-state index in [1.54, 1.807) is 0 Å². The summed E-state index contributed by atoms with van der Waals surface area (Å²) in [5, 5.41) is 12.2. The Bertz CT molecular complexity index is 406. The molecule has 0 aliphatic rings. The molecule has 2 N–H and O–H groups in total. The van der Waals surface area contributed by atoms with Crippen LogP contribution in [0, 0.1) is 6.92 Å². The van der Waals surface area contributed by atoms with Crippen molar-refractivity contribution in [1.29, 1.82) is 0 Å². The zero-order valence-electron chi connectivity index (χ0n) is 12.4. The second kappa shape index (κ2) is 9.37. The van der Waals surface area contributed by atoms with Crippen LogP contribution in [0.15, 0.2) is 24.3 Å². The molecule has 20 heavy (non-hydrogen) atoms. The van der Waals surface area contributed by atoms with Crippen molar-refractivity contribution in [3.05, 3.63) is 29.8 Å². The first-order chi connectivity index (χ1) is 9.61. The summed E-state index contributed by atoms with van der Waals surface area (Å²) >= 11 is 0. The van der Waals surface area contributed by atoms with Gasteiger partial charge in [-0.25, -0.2) is 0 Å². The van der Waals surface area contributed by atoms with Crippen molar-refractivity contribution in [2.24, 2.45) is 0 Å². The summed E-state index contributed by atoms with van der Waals surface area (Å²) in [6, 6.07) is 7.87. The molecule has 0 aliphatic heterocycles. The van der Waals surface area contributed by atoms with Crippen LogP contribution in [0.5, 0.6) is 5.75 Å². The van der Waals surface area contributed by atoms with E-state index in [0.29, 0.717) is 32.4 Å². The van der Waals surface area contributed by atoms with Crippen LogP contribution in [0.1, 0.15) is 38.2 Å². The quantitative estimate of drug-likeness (QED) is 0.683. The SMILES string of the molecule is CCC(O)CCNC(=O)CCCOc1cccc(C)c1. The summed E-state index contributed by atoms with van der Waals surface area (Å²) < 4.78 is 5.58. The number of hydrogen-bond donors (Lipinski definition) is 2. The van der Waals surface area contributed by atoms with Gasteiger partial charge in [-0.15, -0.1) is 0 Å². The van der Waals surface area contributed by atoms with Crippen LogP contribution in [0.4, 0.5) is 0 Å². The summed E-state index contributed by atoms with van der Waals surface area (Å²) in [5.41, 5.74) is 1.16. The van der Waals surface area contributed by atoms with Gasteiger partial charge in [0.1, 0.15) is 5.75 Å². The molecule has 4 nitrogen and oxygen atoms in total. The van der Waals surface area contributed by atoms with Crippen LogP contribution in [-0.2, 0) is 4.79 Å². The fourth-order valence-electron chi connectivity index (χ4n) is 1.80. The third-order valence-corrected chi connectivity index (χ3v) is 3.08. The first kappa shape index (κ1) is 16.5. The summed E-state index contributed by atoms with van der Waals surface area (Å²) in [5.74, 6) is 0.859. The number of carbonyl (C=O) groups excluding carboxylic acids is 1. The number of rotatable bonds is 9. The molecule has 0 aromatic heterocycles. The highest BCUT2D eigenvalue weighted by Crippen LogP contribution is 2.12. The Labute approximate surface area is 121 Å². The van der Waals surface area contributed by atoms with Crippen molar-refractivity contribution < 1.29 is 14.6 Å².